The third-order valence-corrected chi connectivity index (χ3v) is 3.59. The Hall–Kier alpha value is -2.17. The average Bonchev–Trinajstić information content (AvgIpc) is 3.07. The Morgan fingerprint density at radius 2 is 1.86 bits per heavy atom. The summed E-state index contributed by atoms with van der Waals surface area (Å²) in [6, 6.07) is 5.69. The number of amidine groups is 1. The number of pyridine rings is 1. The van der Waals surface area contributed by atoms with E-state index in [0.717, 1.165) is 25.2 Å². The minimum Gasteiger partial charge on any atom is -0.382 e. The quantitative estimate of drug-likeness (QED) is 0.416. The van der Waals surface area contributed by atoms with Gasteiger partial charge < -0.3 is 10.3 Å². The van der Waals surface area contributed by atoms with Gasteiger partial charge >= 0.3 is 0 Å². The van der Waals surface area contributed by atoms with Gasteiger partial charge in [0.15, 0.2) is 0 Å². The molecule has 0 saturated heterocycles. The van der Waals surface area contributed by atoms with Crippen LogP contribution in [-0.4, -0.2) is 26.9 Å². The summed E-state index contributed by atoms with van der Waals surface area (Å²) in [5.74, 6) is 0.543. The van der Waals surface area contributed by atoms with Crippen molar-refractivity contribution in [2.45, 2.75) is 45.1 Å². The van der Waals surface area contributed by atoms with Crippen LogP contribution in [-0.2, 0) is 6.54 Å². The molecule has 5 nitrogen and oxygen atoms in total. The molecule has 0 spiro atoms. The van der Waals surface area contributed by atoms with E-state index in [1.54, 1.807) is 6.20 Å². The van der Waals surface area contributed by atoms with Crippen LogP contribution in [0.15, 0.2) is 48.1 Å². The first-order valence-electron chi connectivity index (χ1n) is 8.03. The Bertz CT molecular complexity index is 533. The lowest BCUT2D eigenvalue weighted by Gasteiger charge is -2.03. The molecule has 2 aromatic heterocycles. The van der Waals surface area contributed by atoms with Crippen LogP contribution in [0.2, 0.25) is 0 Å². The third-order valence-electron chi connectivity index (χ3n) is 3.59. The molecule has 0 amide bonds. The van der Waals surface area contributed by atoms with E-state index in [1.807, 2.05) is 36.9 Å². The van der Waals surface area contributed by atoms with E-state index in [9.17, 15) is 0 Å². The van der Waals surface area contributed by atoms with Crippen LogP contribution >= 0.6 is 0 Å². The van der Waals surface area contributed by atoms with E-state index in [4.69, 9.17) is 5.73 Å². The van der Waals surface area contributed by atoms with Crippen LogP contribution in [0.4, 0.5) is 0 Å². The third kappa shape index (κ3) is 6.08. The minimum absolute atomic E-state index is 0.543. The number of imidazole rings is 1. The fraction of sp³-hybridized carbons (Fsp3) is 0.471. The Morgan fingerprint density at radius 1 is 1.05 bits per heavy atom. The second-order valence-corrected chi connectivity index (χ2v) is 5.40. The smallest absolute Gasteiger partial charge is 0.144 e. The van der Waals surface area contributed by atoms with Gasteiger partial charge in [0, 0.05) is 31.7 Å². The molecule has 2 rings (SSSR count). The van der Waals surface area contributed by atoms with E-state index in [-0.39, 0.29) is 0 Å². The number of hydrogen-bond donors (Lipinski definition) is 1. The van der Waals surface area contributed by atoms with Crippen molar-refractivity contribution < 1.29 is 0 Å². The van der Waals surface area contributed by atoms with E-state index >= 15 is 0 Å². The zero-order chi connectivity index (χ0) is 15.5. The molecule has 0 atom stereocenters. The second-order valence-electron chi connectivity index (χ2n) is 5.40. The minimum atomic E-state index is 0.543. The monoisotopic (exact) mass is 299 g/mol. The first kappa shape index (κ1) is 16.2. The van der Waals surface area contributed by atoms with Gasteiger partial charge in [0.1, 0.15) is 11.5 Å². The van der Waals surface area contributed by atoms with Crippen LogP contribution in [0.3, 0.4) is 0 Å². The van der Waals surface area contributed by atoms with Gasteiger partial charge in [-0.1, -0.05) is 31.7 Å². The number of nitrogens with two attached hydrogens (primary N) is 1. The van der Waals surface area contributed by atoms with Gasteiger partial charge in [-0.3, -0.25) is 9.98 Å². The lowest BCUT2D eigenvalue weighted by molar-refractivity contribution is 0.554. The molecule has 0 aromatic carbocycles. The number of aryl methyl sites for hydroxylation is 1. The highest BCUT2D eigenvalue weighted by atomic mass is 15.0. The maximum absolute atomic E-state index is 5.90. The van der Waals surface area contributed by atoms with Crippen molar-refractivity contribution in [1.82, 2.24) is 14.5 Å². The predicted octanol–water partition coefficient (Wildman–Crippen LogP) is 3.02. The molecule has 0 unspecified atom stereocenters. The fourth-order valence-corrected chi connectivity index (χ4v) is 2.33. The van der Waals surface area contributed by atoms with Crippen LogP contribution in [0.5, 0.6) is 0 Å². The van der Waals surface area contributed by atoms with Crippen LogP contribution in [0.1, 0.15) is 44.2 Å². The number of unbranched alkanes of at least 4 members (excludes halogenated alkanes) is 5. The molecular formula is C17H25N5. The van der Waals surface area contributed by atoms with Crippen molar-refractivity contribution >= 4 is 5.84 Å². The highest BCUT2D eigenvalue weighted by Crippen LogP contribution is 2.07. The molecule has 2 heterocycles. The summed E-state index contributed by atoms with van der Waals surface area (Å²) in [6.45, 7) is 1.86. The molecule has 5 heteroatoms. The SMILES string of the molecule is NC(=NCCCCCCCCn1ccnc1)c1ccccn1. The first-order valence-corrected chi connectivity index (χ1v) is 8.03. The number of aliphatic imine (C=N–C) groups is 1. The standard InChI is InChI=1S/C17H25N5/c18-17(16-9-5-7-10-20-16)21-11-6-3-1-2-4-8-13-22-14-12-19-15-22/h5,7,9-10,12,14-15H,1-4,6,8,11,13H2,(H2,18,21). The summed E-state index contributed by atoms with van der Waals surface area (Å²) in [6.07, 6.45) is 14.8. The topological polar surface area (TPSA) is 69.1 Å². The van der Waals surface area contributed by atoms with Gasteiger partial charge in [-0.05, 0) is 25.0 Å². The Balaban J connectivity index is 1.47. The Morgan fingerprint density at radius 3 is 2.59 bits per heavy atom. The van der Waals surface area contributed by atoms with Crippen molar-refractivity contribution in [2.24, 2.45) is 10.7 Å². The zero-order valence-corrected chi connectivity index (χ0v) is 13.1. The van der Waals surface area contributed by atoms with Crippen LogP contribution in [0.25, 0.3) is 0 Å². The number of hydrogen-bond acceptors (Lipinski definition) is 3. The second kappa shape index (κ2) is 9.71. The summed E-state index contributed by atoms with van der Waals surface area (Å²) in [5.41, 5.74) is 6.67. The molecule has 2 aromatic rings. The summed E-state index contributed by atoms with van der Waals surface area (Å²) in [7, 11) is 0. The summed E-state index contributed by atoms with van der Waals surface area (Å²) in [4.78, 5) is 12.6. The zero-order valence-electron chi connectivity index (χ0n) is 13.1. The van der Waals surface area contributed by atoms with E-state index in [2.05, 4.69) is 19.5 Å². The lowest BCUT2D eigenvalue weighted by Crippen LogP contribution is -2.15. The Kier molecular flexibility index (Phi) is 7.15. The number of rotatable bonds is 10. The van der Waals surface area contributed by atoms with Crippen molar-refractivity contribution in [2.75, 3.05) is 6.54 Å². The molecule has 0 radical (unpaired) electrons. The van der Waals surface area contributed by atoms with Crippen molar-refractivity contribution in [1.29, 1.82) is 0 Å². The van der Waals surface area contributed by atoms with Crippen LogP contribution < -0.4 is 5.73 Å². The molecule has 0 fully saturated rings. The maximum atomic E-state index is 5.90. The normalized spacial score (nSPS) is 11.7. The molecule has 118 valence electrons. The van der Waals surface area contributed by atoms with Crippen molar-refractivity contribution in [3.05, 3.63) is 48.8 Å². The first-order chi connectivity index (χ1) is 10.9. The van der Waals surface area contributed by atoms with Gasteiger partial charge in [0.25, 0.3) is 0 Å². The lowest BCUT2D eigenvalue weighted by atomic mass is 10.1. The molecule has 2 N–H and O–H groups in total. The molecule has 0 aliphatic carbocycles. The average molecular weight is 299 g/mol. The Labute approximate surface area is 132 Å². The van der Waals surface area contributed by atoms with Crippen LogP contribution in [0, 0.1) is 0 Å². The van der Waals surface area contributed by atoms with Gasteiger partial charge in [0.05, 0.1) is 6.33 Å². The van der Waals surface area contributed by atoms with Gasteiger partial charge in [-0.15, -0.1) is 0 Å². The molecule has 22 heavy (non-hydrogen) atoms. The number of aromatic nitrogens is 3. The fourth-order valence-electron chi connectivity index (χ4n) is 2.33. The van der Waals surface area contributed by atoms with Crippen molar-refractivity contribution in [3.8, 4) is 0 Å². The van der Waals surface area contributed by atoms with Crippen molar-refractivity contribution in [3.63, 3.8) is 0 Å². The molecular weight excluding hydrogens is 274 g/mol. The summed E-state index contributed by atoms with van der Waals surface area (Å²) >= 11 is 0. The molecule has 0 saturated carbocycles. The summed E-state index contributed by atoms with van der Waals surface area (Å²) < 4.78 is 2.13. The highest BCUT2D eigenvalue weighted by molar-refractivity contribution is 5.95. The summed E-state index contributed by atoms with van der Waals surface area (Å²) in [5, 5.41) is 0. The van der Waals surface area contributed by atoms with E-state index < -0.39 is 0 Å². The van der Waals surface area contributed by atoms with Gasteiger partial charge in [-0.2, -0.15) is 0 Å². The highest BCUT2D eigenvalue weighted by Gasteiger charge is 1.97. The largest absolute Gasteiger partial charge is 0.382 e. The molecule has 0 aliphatic heterocycles. The molecule has 0 bridgehead atoms. The number of nitrogens with zero attached hydrogens (tertiary/aromatic N) is 4. The predicted molar refractivity (Wildman–Crippen MR) is 89.8 cm³/mol. The maximum Gasteiger partial charge on any atom is 0.144 e. The van der Waals surface area contributed by atoms with E-state index in [0.29, 0.717) is 5.84 Å². The van der Waals surface area contributed by atoms with E-state index in [1.165, 1.54) is 32.1 Å². The van der Waals surface area contributed by atoms with Gasteiger partial charge in [0.2, 0.25) is 0 Å². The van der Waals surface area contributed by atoms with Gasteiger partial charge in [-0.25, -0.2) is 4.98 Å². The molecule has 0 aliphatic rings.